The second-order valence-corrected chi connectivity index (χ2v) is 4.40. The molecule has 1 fully saturated rings. The van der Waals surface area contributed by atoms with E-state index in [1.165, 1.54) is 25.6 Å². The zero-order valence-electron chi connectivity index (χ0n) is 8.59. The molecule has 82 valence electrons. The van der Waals surface area contributed by atoms with Gasteiger partial charge in [-0.1, -0.05) is 18.0 Å². The minimum atomic E-state index is -0.296. The molecule has 0 aliphatic heterocycles. The number of halogens is 1. The molecule has 1 unspecified atom stereocenters. The van der Waals surface area contributed by atoms with Gasteiger partial charge in [-0.05, 0) is 25.7 Å². The molecule has 1 heterocycles. The van der Waals surface area contributed by atoms with Crippen LogP contribution in [0, 0.1) is 5.92 Å². The lowest BCUT2D eigenvalue weighted by Crippen LogP contribution is -2.31. The van der Waals surface area contributed by atoms with Crippen molar-refractivity contribution in [3.05, 3.63) is 21.7 Å². The fourth-order valence-corrected chi connectivity index (χ4v) is 1.91. The first-order valence-corrected chi connectivity index (χ1v) is 5.56. The van der Waals surface area contributed by atoms with E-state index in [0.29, 0.717) is 17.8 Å². The van der Waals surface area contributed by atoms with Crippen molar-refractivity contribution in [3.8, 4) is 0 Å². The van der Waals surface area contributed by atoms with Crippen LogP contribution in [0.2, 0.25) is 5.02 Å². The SMILES string of the molecule is CC(Nc1nc[nH]c(=O)c1Cl)C1CCC1. The van der Waals surface area contributed by atoms with Gasteiger partial charge in [0.2, 0.25) is 0 Å². The van der Waals surface area contributed by atoms with Crippen molar-refractivity contribution in [2.45, 2.75) is 32.2 Å². The monoisotopic (exact) mass is 227 g/mol. The van der Waals surface area contributed by atoms with E-state index in [-0.39, 0.29) is 10.6 Å². The highest BCUT2D eigenvalue weighted by Gasteiger charge is 2.24. The van der Waals surface area contributed by atoms with Crippen molar-refractivity contribution in [1.29, 1.82) is 0 Å². The standard InChI is InChI=1S/C10H14ClN3O/c1-6(7-3-2-4-7)14-9-8(11)10(15)13-5-12-9/h5-7H,2-4H2,1H3,(H2,12,13,14,15). The largest absolute Gasteiger partial charge is 0.366 e. The van der Waals surface area contributed by atoms with Crippen LogP contribution in [0.15, 0.2) is 11.1 Å². The summed E-state index contributed by atoms with van der Waals surface area (Å²) >= 11 is 5.83. The van der Waals surface area contributed by atoms with Crippen LogP contribution < -0.4 is 10.9 Å². The van der Waals surface area contributed by atoms with E-state index in [9.17, 15) is 4.79 Å². The second-order valence-electron chi connectivity index (χ2n) is 4.02. The molecular weight excluding hydrogens is 214 g/mol. The van der Waals surface area contributed by atoms with Gasteiger partial charge < -0.3 is 10.3 Å². The summed E-state index contributed by atoms with van der Waals surface area (Å²) in [6.45, 7) is 2.10. The van der Waals surface area contributed by atoms with Gasteiger partial charge in [0.05, 0.1) is 6.33 Å². The van der Waals surface area contributed by atoms with E-state index in [0.717, 1.165) is 0 Å². The summed E-state index contributed by atoms with van der Waals surface area (Å²) < 4.78 is 0. The van der Waals surface area contributed by atoms with Crippen molar-refractivity contribution in [2.24, 2.45) is 5.92 Å². The molecule has 1 atom stereocenters. The second kappa shape index (κ2) is 4.23. The maximum Gasteiger partial charge on any atom is 0.271 e. The van der Waals surface area contributed by atoms with Gasteiger partial charge in [0.15, 0.2) is 5.82 Å². The van der Waals surface area contributed by atoms with Gasteiger partial charge in [0.1, 0.15) is 5.02 Å². The Labute approximate surface area is 93.1 Å². The minimum absolute atomic E-state index is 0.142. The Morgan fingerprint density at radius 3 is 3.00 bits per heavy atom. The Bertz CT molecular complexity index is 400. The smallest absolute Gasteiger partial charge is 0.271 e. The van der Waals surface area contributed by atoms with Gasteiger partial charge in [0.25, 0.3) is 5.56 Å². The van der Waals surface area contributed by atoms with E-state index in [2.05, 4.69) is 22.2 Å². The summed E-state index contributed by atoms with van der Waals surface area (Å²) in [5.74, 6) is 1.17. The van der Waals surface area contributed by atoms with Crippen LogP contribution in [0.4, 0.5) is 5.82 Å². The highest BCUT2D eigenvalue weighted by atomic mass is 35.5. The van der Waals surface area contributed by atoms with Gasteiger partial charge in [-0.15, -0.1) is 0 Å². The lowest BCUT2D eigenvalue weighted by Gasteiger charge is -2.32. The molecule has 5 heteroatoms. The zero-order chi connectivity index (χ0) is 10.8. The van der Waals surface area contributed by atoms with Gasteiger partial charge in [0, 0.05) is 6.04 Å². The molecule has 1 aromatic rings. The van der Waals surface area contributed by atoms with Crippen molar-refractivity contribution >= 4 is 17.4 Å². The molecule has 1 aromatic heterocycles. The molecule has 0 radical (unpaired) electrons. The Kier molecular flexibility index (Phi) is 2.95. The summed E-state index contributed by atoms with van der Waals surface area (Å²) in [6, 6.07) is 0.325. The van der Waals surface area contributed by atoms with E-state index in [1.807, 2.05) is 0 Å². The average Bonchev–Trinajstić information content (AvgIpc) is 2.10. The maximum absolute atomic E-state index is 11.2. The van der Waals surface area contributed by atoms with Crippen molar-refractivity contribution in [3.63, 3.8) is 0 Å². The number of aromatic nitrogens is 2. The van der Waals surface area contributed by atoms with Crippen LogP contribution in [0.5, 0.6) is 0 Å². The fraction of sp³-hybridized carbons (Fsp3) is 0.600. The molecule has 1 aliphatic carbocycles. The number of rotatable bonds is 3. The molecule has 1 saturated carbocycles. The van der Waals surface area contributed by atoms with Crippen LogP contribution in [-0.2, 0) is 0 Å². The molecule has 0 bridgehead atoms. The van der Waals surface area contributed by atoms with E-state index in [4.69, 9.17) is 11.6 Å². The van der Waals surface area contributed by atoms with Gasteiger partial charge >= 0.3 is 0 Å². The molecule has 2 N–H and O–H groups in total. The zero-order valence-corrected chi connectivity index (χ0v) is 9.34. The summed E-state index contributed by atoms with van der Waals surface area (Å²) in [6.07, 6.45) is 5.15. The van der Waals surface area contributed by atoms with Crippen molar-refractivity contribution in [2.75, 3.05) is 5.32 Å². The van der Waals surface area contributed by atoms with Gasteiger partial charge in [-0.25, -0.2) is 4.98 Å². The van der Waals surface area contributed by atoms with Gasteiger partial charge in [-0.3, -0.25) is 4.79 Å². The Balaban J connectivity index is 2.09. The van der Waals surface area contributed by atoms with Crippen LogP contribution in [0.25, 0.3) is 0 Å². The highest BCUT2D eigenvalue weighted by molar-refractivity contribution is 6.32. The Morgan fingerprint density at radius 2 is 2.40 bits per heavy atom. The summed E-state index contributed by atoms with van der Waals surface area (Å²) in [5.41, 5.74) is -0.296. The summed E-state index contributed by atoms with van der Waals surface area (Å²) in [4.78, 5) is 17.7. The first-order chi connectivity index (χ1) is 7.18. The number of hydrogen-bond acceptors (Lipinski definition) is 3. The predicted octanol–water partition coefficient (Wildman–Crippen LogP) is 2.02. The van der Waals surface area contributed by atoms with E-state index >= 15 is 0 Å². The summed E-state index contributed by atoms with van der Waals surface area (Å²) in [7, 11) is 0. The lowest BCUT2D eigenvalue weighted by molar-refractivity contribution is 0.285. The molecule has 0 amide bonds. The third-order valence-corrected chi connectivity index (χ3v) is 3.37. The average molecular weight is 228 g/mol. The number of nitrogens with zero attached hydrogens (tertiary/aromatic N) is 1. The predicted molar refractivity (Wildman–Crippen MR) is 60.3 cm³/mol. The number of anilines is 1. The highest BCUT2D eigenvalue weighted by Crippen LogP contribution is 2.31. The van der Waals surface area contributed by atoms with Crippen LogP contribution >= 0.6 is 11.6 Å². The Morgan fingerprint density at radius 1 is 1.67 bits per heavy atom. The number of aromatic amines is 1. The molecule has 0 aromatic carbocycles. The van der Waals surface area contributed by atoms with Crippen LogP contribution in [-0.4, -0.2) is 16.0 Å². The summed E-state index contributed by atoms with van der Waals surface area (Å²) in [5, 5.41) is 3.33. The molecule has 4 nitrogen and oxygen atoms in total. The van der Waals surface area contributed by atoms with Crippen LogP contribution in [0.3, 0.4) is 0 Å². The van der Waals surface area contributed by atoms with Gasteiger partial charge in [-0.2, -0.15) is 0 Å². The quantitative estimate of drug-likeness (QED) is 0.831. The maximum atomic E-state index is 11.2. The Hall–Kier alpha value is -1.03. The first-order valence-electron chi connectivity index (χ1n) is 5.18. The molecule has 0 saturated heterocycles. The van der Waals surface area contributed by atoms with Crippen molar-refractivity contribution < 1.29 is 0 Å². The lowest BCUT2D eigenvalue weighted by atomic mass is 9.80. The van der Waals surface area contributed by atoms with E-state index < -0.39 is 0 Å². The normalized spacial score (nSPS) is 18.3. The van der Waals surface area contributed by atoms with E-state index in [1.54, 1.807) is 0 Å². The third kappa shape index (κ3) is 2.15. The number of H-pyrrole nitrogens is 1. The topological polar surface area (TPSA) is 57.8 Å². The number of hydrogen-bond donors (Lipinski definition) is 2. The molecule has 2 rings (SSSR count). The molecule has 1 aliphatic rings. The molecule has 0 spiro atoms. The van der Waals surface area contributed by atoms with Crippen LogP contribution in [0.1, 0.15) is 26.2 Å². The minimum Gasteiger partial charge on any atom is -0.366 e. The number of nitrogens with one attached hydrogen (secondary N) is 2. The molecule has 15 heavy (non-hydrogen) atoms. The third-order valence-electron chi connectivity index (χ3n) is 3.02. The molecular formula is C10H14ClN3O. The first kappa shape index (κ1) is 10.5. The van der Waals surface area contributed by atoms with Crippen molar-refractivity contribution in [1.82, 2.24) is 9.97 Å². The fourth-order valence-electron chi connectivity index (χ4n) is 1.76.